The molecule has 1 aromatic carbocycles. The summed E-state index contributed by atoms with van der Waals surface area (Å²) in [6.45, 7) is 6.96. The first-order valence-corrected chi connectivity index (χ1v) is 17.8. The Bertz CT molecular complexity index is 1610. The van der Waals surface area contributed by atoms with Gasteiger partial charge in [-0.1, -0.05) is 17.8 Å². The molecular formula is C28H36N6O6S3. The van der Waals surface area contributed by atoms with E-state index in [9.17, 15) is 17.4 Å². The number of carbonyl (C=O) groups is 1. The van der Waals surface area contributed by atoms with E-state index < -0.39 is 21.1 Å². The normalized spacial score (nSPS) is 18.5. The van der Waals surface area contributed by atoms with Gasteiger partial charge in [0, 0.05) is 82.3 Å². The van der Waals surface area contributed by atoms with E-state index in [0.29, 0.717) is 36.5 Å². The van der Waals surface area contributed by atoms with Gasteiger partial charge in [-0.15, -0.1) is 0 Å². The number of piperazine rings is 1. The van der Waals surface area contributed by atoms with Crippen molar-refractivity contribution in [1.82, 2.24) is 19.8 Å². The van der Waals surface area contributed by atoms with Crippen molar-refractivity contribution in [3.05, 3.63) is 48.3 Å². The van der Waals surface area contributed by atoms with Crippen LogP contribution in [-0.4, -0.2) is 114 Å². The SMILES string of the molecule is CC(=O)N1CCN(CC2CN=C(c3cc4cc(OCCCOS(C)=O)cc(N(C)S(=O)(=O)c5ccccn5)c4[nH]3)S2)CC1. The Morgan fingerprint density at radius 3 is 2.67 bits per heavy atom. The van der Waals surface area contributed by atoms with Crippen molar-refractivity contribution in [1.29, 1.82) is 0 Å². The lowest BCUT2D eigenvalue weighted by Gasteiger charge is -2.35. The van der Waals surface area contributed by atoms with Gasteiger partial charge < -0.3 is 14.6 Å². The molecule has 12 nitrogen and oxygen atoms in total. The number of aliphatic imine (C=N–C) groups is 1. The zero-order valence-corrected chi connectivity index (χ0v) is 26.8. The third-order valence-electron chi connectivity index (χ3n) is 7.32. The van der Waals surface area contributed by atoms with Crippen molar-refractivity contribution in [3.8, 4) is 5.75 Å². The topological polar surface area (TPSA) is 138 Å². The molecule has 5 rings (SSSR count). The molecule has 1 saturated heterocycles. The minimum atomic E-state index is -3.96. The number of anilines is 1. The lowest BCUT2D eigenvalue weighted by atomic mass is 10.2. The number of amides is 1. The molecule has 1 amide bonds. The molecule has 0 spiro atoms. The van der Waals surface area contributed by atoms with Gasteiger partial charge in [0.25, 0.3) is 10.0 Å². The fourth-order valence-electron chi connectivity index (χ4n) is 5.03. The molecule has 2 unspecified atom stereocenters. The number of fused-ring (bicyclic) bond motifs is 1. The van der Waals surface area contributed by atoms with Crippen molar-refractivity contribution in [2.24, 2.45) is 4.99 Å². The van der Waals surface area contributed by atoms with Crippen LogP contribution in [0.3, 0.4) is 0 Å². The number of hydrogen-bond acceptors (Lipinski definition) is 10. The predicted octanol–water partition coefficient (Wildman–Crippen LogP) is 2.49. The Morgan fingerprint density at radius 1 is 1.19 bits per heavy atom. The molecule has 3 aromatic rings. The number of ether oxygens (including phenoxy) is 1. The van der Waals surface area contributed by atoms with Crippen molar-refractivity contribution in [2.75, 3.05) is 70.1 Å². The summed E-state index contributed by atoms with van der Waals surface area (Å²) in [6.07, 6.45) is 3.43. The number of sulfonamides is 1. The van der Waals surface area contributed by atoms with Gasteiger partial charge in [-0.25, -0.2) is 9.19 Å². The van der Waals surface area contributed by atoms with Crippen LogP contribution in [0.1, 0.15) is 19.0 Å². The third kappa shape index (κ3) is 7.58. The molecule has 0 bridgehead atoms. The monoisotopic (exact) mass is 648 g/mol. The Hall–Kier alpha value is -2.98. The Morgan fingerprint density at radius 2 is 1.98 bits per heavy atom. The van der Waals surface area contributed by atoms with Crippen LogP contribution in [0.15, 0.2) is 52.6 Å². The molecule has 0 aliphatic carbocycles. The first-order chi connectivity index (χ1) is 20.6. The number of pyridine rings is 1. The number of thioether (sulfide) groups is 1. The maximum absolute atomic E-state index is 13.5. The van der Waals surface area contributed by atoms with Gasteiger partial charge in [0.15, 0.2) is 16.1 Å². The maximum atomic E-state index is 13.5. The lowest BCUT2D eigenvalue weighted by Crippen LogP contribution is -2.49. The maximum Gasteiger partial charge on any atom is 0.281 e. The minimum Gasteiger partial charge on any atom is -0.493 e. The number of nitrogens with zero attached hydrogens (tertiary/aromatic N) is 5. The molecule has 43 heavy (non-hydrogen) atoms. The molecule has 15 heteroatoms. The zero-order valence-electron chi connectivity index (χ0n) is 24.4. The van der Waals surface area contributed by atoms with Gasteiger partial charge in [0.1, 0.15) is 10.8 Å². The van der Waals surface area contributed by atoms with Crippen molar-refractivity contribution < 1.29 is 26.3 Å². The molecule has 2 aromatic heterocycles. The summed E-state index contributed by atoms with van der Waals surface area (Å²) in [5, 5.41) is 1.88. The molecule has 1 fully saturated rings. The number of carbonyl (C=O) groups excluding carboxylic acids is 1. The van der Waals surface area contributed by atoms with Crippen molar-refractivity contribution >= 4 is 60.4 Å². The van der Waals surface area contributed by atoms with Gasteiger partial charge in [-0.2, -0.15) is 8.42 Å². The van der Waals surface area contributed by atoms with Crippen LogP contribution in [0.5, 0.6) is 5.75 Å². The quantitative estimate of drug-likeness (QED) is 0.294. The van der Waals surface area contributed by atoms with E-state index in [1.807, 2.05) is 17.0 Å². The van der Waals surface area contributed by atoms with Crippen LogP contribution < -0.4 is 9.04 Å². The van der Waals surface area contributed by atoms with E-state index in [4.69, 9.17) is 13.9 Å². The van der Waals surface area contributed by atoms with Crippen LogP contribution in [0.25, 0.3) is 10.9 Å². The third-order valence-corrected chi connectivity index (χ3v) is 10.7. The van der Waals surface area contributed by atoms with E-state index in [0.717, 1.165) is 48.8 Å². The highest BCUT2D eigenvalue weighted by Gasteiger charge is 2.29. The highest BCUT2D eigenvalue weighted by Crippen LogP contribution is 2.36. The minimum absolute atomic E-state index is 0.0591. The summed E-state index contributed by atoms with van der Waals surface area (Å²) in [7, 11) is -2.46. The van der Waals surface area contributed by atoms with Gasteiger partial charge in [-0.05, 0) is 24.3 Å². The molecule has 232 valence electrons. The number of rotatable bonds is 12. The molecule has 0 saturated carbocycles. The summed E-state index contributed by atoms with van der Waals surface area (Å²) in [5.41, 5.74) is 1.87. The van der Waals surface area contributed by atoms with E-state index in [1.54, 1.807) is 36.9 Å². The summed E-state index contributed by atoms with van der Waals surface area (Å²) >= 11 is 0.361. The van der Waals surface area contributed by atoms with Gasteiger partial charge in [0.2, 0.25) is 5.91 Å². The van der Waals surface area contributed by atoms with Crippen molar-refractivity contribution in [3.63, 3.8) is 0 Å². The summed E-state index contributed by atoms with van der Waals surface area (Å²) in [4.78, 5) is 28.2. The fraction of sp³-hybridized carbons (Fsp3) is 0.464. The smallest absolute Gasteiger partial charge is 0.281 e. The molecule has 0 radical (unpaired) electrons. The first-order valence-electron chi connectivity index (χ1n) is 14.0. The number of H-pyrrole nitrogens is 1. The van der Waals surface area contributed by atoms with Crippen LogP contribution in [0, 0.1) is 0 Å². The average Bonchev–Trinajstić information content (AvgIpc) is 3.64. The Labute approximate surface area is 258 Å². The average molecular weight is 649 g/mol. The number of hydrogen-bond donors (Lipinski definition) is 1. The number of benzene rings is 1. The molecule has 2 aliphatic rings. The van der Waals surface area contributed by atoms with Crippen LogP contribution >= 0.6 is 11.8 Å². The molecule has 2 atom stereocenters. The second kappa shape index (κ2) is 13.8. The first kappa shape index (κ1) is 31.4. The van der Waals surface area contributed by atoms with Gasteiger partial charge >= 0.3 is 0 Å². The lowest BCUT2D eigenvalue weighted by molar-refractivity contribution is -0.130. The van der Waals surface area contributed by atoms with Crippen LogP contribution in [-0.2, 0) is 30.1 Å². The molecule has 2 aliphatic heterocycles. The number of nitrogens with one attached hydrogen (secondary N) is 1. The highest BCUT2D eigenvalue weighted by molar-refractivity contribution is 8.15. The summed E-state index contributed by atoms with van der Waals surface area (Å²) in [5.74, 6) is 0.617. The zero-order chi connectivity index (χ0) is 30.6. The van der Waals surface area contributed by atoms with Crippen LogP contribution in [0.4, 0.5) is 5.69 Å². The second-order valence-electron chi connectivity index (χ2n) is 10.3. The molecule has 4 heterocycles. The Kier molecular flexibility index (Phi) is 10.1. The second-order valence-corrected chi connectivity index (χ2v) is 14.6. The predicted molar refractivity (Wildman–Crippen MR) is 170 cm³/mol. The number of aromatic amines is 1. The van der Waals surface area contributed by atoms with E-state index in [2.05, 4.69) is 14.9 Å². The highest BCUT2D eigenvalue weighted by atomic mass is 32.2. The largest absolute Gasteiger partial charge is 0.493 e. The molecular weight excluding hydrogens is 613 g/mol. The number of aromatic nitrogens is 2. The molecule has 1 N–H and O–H groups in total. The summed E-state index contributed by atoms with van der Waals surface area (Å²) in [6, 6.07) is 10.3. The van der Waals surface area contributed by atoms with E-state index in [1.165, 1.54) is 29.9 Å². The van der Waals surface area contributed by atoms with Crippen LogP contribution in [0.2, 0.25) is 0 Å². The van der Waals surface area contributed by atoms with E-state index in [-0.39, 0.29) is 22.8 Å². The fourth-order valence-corrected chi connectivity index (χ4v) is 7.65. The van der Waals surface area contributed by atoms with Gasteiger partial charge in [-0.3, -0.25) is 23.2 Å². The van der Waals surface area contributed by atoms with Gasteiger partial charge in [0.05, 0.1) is 36.7 Å². The standard InChI is InChI=1S/C28H36N6O6S3/c1-20(35)34-11-9-33(10-12-34)19-23-18-30-28(41-23)24-16-21-15-22(39-13-6-14-40-42(3)36)17-25(27(21)31-24)32(2)43(37,38)26-7-4-5-8-29-26/h4-5,7-8,15-17,23,31H,6,9-14,18-19H2,1-3H3. The summed E-state index contributed by atoms with van der Waals surface area (Å²) < 4.78 is 50.5. The van der Waals surface area contributed by atoms with E-state index >= 15 is 0 Å². The Balaban J connectivity index is 1.36. The van der Waals surface area contributed by atoms with Crippen molar-refractivity contribution in [2.45, 2.75) is 23.6 Å².